The Bertz CT molecular complexity index is 1220. The first-order chi connectivity index (χ1) is 14.5. The van der Waals surface area contributed by atoms with Gasteiger partial charge in [-0.15, -0.1) is 0 Å². The Morgan fingerprint density at radius 1 is 1.10 bits per heavy atom. The van der Waals surface area contributed by atoms with Gasteiger partial charge >= 0.3 is 0 Å². The van der Waals surface area contributed by atoms with Crippen LogP contribution in [0.5, 0.6) is 5.75 Å². The van der Waals surface area contributed by atoms with Crippen LogP contribution in [0.3, 0.4) is 0 Å². The van der Waals surface area contributed by atoms with Crippen LogP contribution in [0.1, 0.15) is 16.9 Å². The number of nitrogens with zero attached hydrogens (tertiary/aromatic N) is 1. The minimum absolute atomic E-state index is 0.143. The molecular formula is C23H21FN4O2. The van der Waals surface area contributed by atoms with Gasteiger partial charge in [0, 0.05) is 28.3 Å². The van der Waals surface area contributed by atoms with E-state index in [0.717, 1.165) is 11.1 Å². The van der Waals surface area contributed by atoms with Crippen LogP contribution in [0.2, 0.25) is 0 Å². The molecule has 152 valence electrons. The van der Waals surface area contributed by atoms with Crippen molar-refractivity contribution in [2.75, 3.05) is 11.5 Å². The van der Waals surface area contributed by atoms with E-state index in [2.05, 4.69) is 16.9 Å². The molecule has 7 heteroatoms. The fourth-order valence-corrected chi connectivity index (χ4v) is 3.05. The first-order valence-electron chi connectivity index (χ1n) is 9.33. The maximum atomic E-state index is 13.7. The molecule has 0 atom stereocenters. The molecule has 0 bridgehead atoms. The second-order valence-corrected chi connectivity index (χ2v) is 6.79. The lowest BCUT2D eigenvalue weighted by molar-refractivity contribution is 0.300. The van der Waals surface area contributed by atoms with E-state index in [9.17, 15) is 4.39 Å². The van der Waals surface area contributed by atoms with Crippen molar-refractivity contribution >= 4 is 28.3 Å². The Morgan fingerprint density at radius 3 is 2.73 bits per heavy atom. The van der Waals surface area contributed by atoms with Gasteiger partial charge in [-0.05, 0) is 36.4 Å². The SMILES string of the molecule is C=C(NCc1cc2ccc(OCc3ccccc3F)cc2o1)c1ccc(N)nc1N. The molecule has 5 N–H and O–H groups in total. The van der Waals surface area contributed by atoms with Gasteiger partial charge in [0.1, 0.15) is 41.2 Å². The molecule has 2 aromatic heterocycles. The fourth-order valence-electron chi connectivity index (χ4n) is 3.05. The molecule has 0 aliphatic rings. The summed E-state index contributed by atoms with van der Waals surface area (Å²) >= 11 is 0. The second-order valence-electron chi connectivity index (χ2n) is 6.79. The number of rotatable bonds is 7. The number of furan rings is 1. The van der Waals surface area contributed by atoms with Crippen LogP contribution >= 0.6 is 0 Å². The minimum atomic E-state index is -0.290. The number of pyridine rings is 1. The van der Waals surface area contributed by atoms with Crippen LogP contribution in [0.15, 0.2) is 71.7 Å². The number of nitrogens with two attached hydrogens (primary N) is 2. The third kappa shape index (κ3) is 4.20. The highest BCUT2D eigenvalue weighted by Gasteiger charge is 2.09. The maximum Gasteiger partial charge on any atom is 0.138 e. The molecule has 2 aromatic carbocycles. The average Bonchev–Trinajstić information content (AvgIpc) is 3.13. The Kier molecular flexibility index (Phi) is 5.26. The monoisotopic (exact) mass is 404 g/mol. The summed E-state index contributed by atoms with van der Waals surface area (Å²) in [6.45, 7) is 4.56. The highest BCUT2D eigenvalue weighted by Crippen LogP contribution is 2.26. The molecule has 0 unspecified atom stereocenters. The number of nitrogens with one attached hydrogen (secondary N) is 1. The van der Waals surface area contributed by atoms with Crippen LogP contribution in [-0.4, -0.2) is 4.98 Å². The standard InChI is InChI=1S/C23H21FN4O2/c1-14(19-8-9-22(25)28-23(19)26)27-12-18-10-15-6-7-17(11-21(15)30-18)29-13-16-4-2-3-5-20(16)24/h2-11,27H,1,12-13H2,(H4,25,26,28). The Labute approximate surface area is 173 Å². The summed E-state index contributed by atoms with van der Waals surface area (Å²) in [5, 5.41) is 4.12. The summed E-state index contributed by atoms with van der Waals surface area (Å²) in [5.41, 5.74) is 14.0. The first kappa shape index (κ1) is 19.3. The third-order valence-corrected chi connectivity index (χ3v) is 4.64. The maximum absolute atomic E-state index is 13.7. The van der Waals surface area contributed by atoms with E-state index in [1.807, 2.05) is 18.2 Å². The van der Waals surface area contributed by atoms with Gasteiger partial charge in [-0.1, -0.05) is 24.8 Å². The summed E-state index contributed by atoms with van der Waals surface area (Å²) in [6, 6.07) is 17.4. The molecule has 6 nitrogen and oxygen atoms in total. The second kappa shape index (κ2) is 8.16. The highest BCUT2D eigenvalue weighted by atomic mass is 19.1. The van der Waals surface area contributed by atoms with Gasteiger partial charge in [-0.2, -0.15) is 0 Å². The zero-order valence-electron chi connectivity index (χ0n) is 16.2. The zero-order valence-corrected chi connectivity index (χ0v) is 16.2. The van der Waals surface area contributed by atoms with E-state index in [1.54, 1.807) is 36.4 Å². The van der Waals surface area contributed by atoms with Crippen LogP contribution in [0.4, 0.5) is 16.0 Å². The molecule has 0 spiro atoms. The lowest BCUT2D eigenvalue weighted by atomic mass is 10.2. The molecule has 0 saturated carbocycles. The van der Waals surface area contributed by atoms with E-state index in [0.29, 0.717) is 46.3 Å². The molecule has 4 rings (SSSR count). The zero-order chi connectivity index (χ0) is 21.1. The van der Waals surface area contributed by atoms with E-state index in [4.69, 9.17) is 20.6 Å². The molecule has 30 heavy (non-hydrogen) atoms. The molecule has 0 fully saturated rings. The molecule has 2 heterocycles. The molecule has 4 aromatic rings. The number of hydrogen-bond acceptors (Lipinski definition) is 6. The van der Waals surface area contributed by atoms with E-state index in [-0.39, 0.29) is 12.4 Å². The van der Waals surface area contributed by atoms with Crippen molar-refractivity contribution in [2.24, 2.45) is 0 Å². The van der Waals surface area contributed by atoms with Crippen molar-refractivity contribution in [3.05, 3.63) is 89.9 Å². The van der Waals surface area contributed by atoms with Crippen LogP contribution in [-0.2, 0) is 13.2 Å². The average molecular weight is 404 g/mol. The van der Waals surface area contributed by atoms with Crippen molar-refractivity contribution in [1.82, 2.24) is 10.3 Å². The molecule has 0 aliphatic heterocycles. The van der Waals surface area contributed by atoms with Crippen molar-refractivity contribution in [2.45, 2.75) is 13.2 Å². The Hall–Kier alpha value is -4.00. The van der Waals surface area contributed by atoms with Gasteiger partial charge in [0.2, 0.25) is 0 Å². The number of ether oxygens (including phenoxy) is 1. The van der Waals surface area contributed by atoms with Crippen LogP contribution in [0, 0.1) is 5.82 Å². The lowest BCUT2D eigenvalue weighted by Crippen LogP contribution is -2.12. The highest BCUT2D eigenvalue weighted by molar-refractivity contribution is 5.79. The Balaban J connectivity index is 1.42. The van der Waals surface area contributed by atoms with Crippen molar-refractivity contribution in [1.29, 1.82) is 0 Å². The van der Waals surface area contributed by atoms with Gasteiger partial charge in [0.05, 0.1) is 6.54 Å². The topological polar surface area (TPSA) is 99.3 Å². The number of benzene rings is 2. The Morgan fingerprint density at radius 2 is 1.93 bits per heavy atom. The number of anilines is 2. The fraction of sp³-hybridized carbons (Fsp3) is 0.0870. The van der Waals surface area contributed by atoms with Crippen molar-refractivity contribution < 1.29 is 13.5 Å². The summed E-state index contributed by atoms with van der Waals surface area (Å²) in [4.78, 5) is 4.03. The molecule has 0 amide bonds. The van der Waals surface area contributed by atoms with Gasteiger partial charge < -0.3 is 25.9 Å². The van der Waals surface area contributed by atoms with Gasteiger partial charge in [0.15, 0.2) is 0 Å². The van der Waals surface area contributed by atoms with Gasteiger partial charge in [-0.3, -0.25) is 0 Å². The summed E-state index contributed by atoms with van der Waals surface area (Å²) in [6.07, 6.45) is 0. The third-order valence-electron chi connectivity index (χ3n) is 4.64. The summed E-state index contributed by atoms with van der Waals surface area (Å²) < 4.78 is 25.3. The van der Waals surface area contributed by atoms with Crippen molar-refractivity contribution in [3.63, 3.8) is 0 Å². The molecule has 0 saturated heterocycles. The lowest BCUT2D eigenvalue weighted by Gasteiger charge is -2.10. The number of fused-ring (bicyclic) bond motifs is 1. The normalized spacial score (nSPS) is 10.8. The smallest absolute Gasteiger partial charge is 0.138 e. The number of hydrogen-bond donors (Lipinski definition) is 3. The predicted octanol–water partition coefficient (Wildman–Crippen LogP) is 4.47. The van der Waals surface area contributed by atoms with E-state index in [1.165, 1.54) is 6.07 Å². The summed E-state index contributed by atoms with van der Waals surface area (Å²) in [7, 11) is 0. The van der Waals surface area contributed by atoms with Crippen LogP contribution in [0.25, 0.3) is 16.7 Å². The number of halogens is 1. The number of aromatic nitrogens is 1. The van der Waals surface area contributed by atoms with Crippen LogP contribution < -0.4 is 21.5 Å². The minimum Gasteiger partial charge on any atom is -0.489 e. The molecule has 0 radical (unpaired) electrons. The van der Waals surface area contributed by atoms with Gasteiger partial charge in [0.25, 0.3) is 0 Å². The summed E-state index contributed by atoms with van der Waals surface area (Å²) in [5.74, 6) is 1.70. The van der Waals surface area contributed by atoms with Crippen molar-refractivity contribution in [3.8, 4) is 5.75 Å². The van der Waals surface area contributed by atoms with E-state index < -0.39 is 0 Å². The molecular weight excluding hydrogens is 383 g/mol. The first-order valence-corrected chi connectivity index (χ1v) is 9.33. The quantitative estimate of drug-likeness (QED) is 0.420. The van der Waals surface area contributed by atoms with Gasteiger partial charge in [-0.25, -0.2) is 9.37 Å². The molecule has 0 aliphatic carbocycles. The van der Waals surface area contributed by atoms with E-state index >= 15 is 0 Å². The predicted molar refractivity (Wildman–Crippen MR) is 116 cm³/mol. The largest absolute Gasteiger partial charge is 0.489 e. The number of nitrogen functional groups attached to an aromatic ring is 2.